The summed E-state index contributed by atoms with van der Waals surface area (Å²) in [6.07, 6.45) is 3.40. The summed E-state index contributed by atoms with van der Waals surface area (Å²) in [6, 6.07) is 52.3. The highest BCUT2D eigenvalue weighted by Gasteiger charge is 2.37. The number of nitrogens with one attached hydrogen (secondary N) is 3. The Morgan fingerprint density at radius 1 is 0.494 bits per heavy atom. The van der Waals surface area contributed by atoms with Gasteiger partial charge in [-0.25, -0.2) is 0 Å². The number of hydrogen-bond donors (Lipinski definition) is 4. The third-order valence-corrected chi connectivity index (χ3v) is 15.0. The fraction of sp³-hybridized carbons (Fsp3) is 0.373. The number of hydrogen-bond acceptors (Lipinski definition) is 10. The SMILES string of the molecule is CNC(=O)[C@@H](Cc1ccccc1)N(C)C(=O)[C@@H](Cc1ccc(-c2ccccc2)cc1)N(C)C(=O)COCC(C)(C)N.CNC(=O)[C@@H](Cc1ccccc1)N(C)C(=O)[C@@H](Cc1ccc(-c2ccccc2)cc1)N(C)C(=O)COC[C@@H]1CCCN1. The Morgan fingerprint density at radius 3 is 1.18 bits per heavy atom. The van der Waals surface area contributed by atoms with Crippen LogP contribution in [-0.4, -0.2) is 166 Å². The Morgan fingerprint density at radius 2 is 0.831 bits per heavy atom. The summed E-state index contributed by atoms with van der Waals surface area (Å²) in [7, 11) is 9.60. The number of ether oxygens (including phenoxy) is 2. The van der Waals surface area contributed by atoms with Gasteiger partial charge >= 0.3 is 0 Å². The largest absolute Gasteiger partial charge is 0.370 e. The third-order valence-electron chi connectivity index (χ3n) is 15.0. The molecule has 16 nitrogen and oxygen atoms in total. The summed E-state index contributed by atoms with van der Waals surface area (Å²) in [4.78, 5) is 86.4. The molecule has 83 heavy (non-hydrogen) atoms. The molecule has 0 bridgehead atoms. The fourth-order valence-corrected chi connectivity index (χ4v) is 9.89. The van der Waals surface area contributed by atoms with E-state index >= 15 is 0 Å². The van der Waals surface area contributed by atoms with Crippen LogP contribution in [-0.2, 0) is 63.9 Å². The van der Waals surface area contributed by atoms with Crippen molar-refractivity contribution in [1.82, 2.24) is 35.6 Å². The monoisotopic (exact) mass is 1130 g/mol. The zero-order valence-electron chi connectivity index (χ0n) is 49.5. The molecule has 0 saturated carbocycles. The number of rotatable bonds is 26. The third kappa shape index (κ3) is 19.6. The van der Waals surface area contributed by atoms with Gasteiger partial charge in [0.2, 0.25) is 35.4 Å². The van der Waals surface area contributed by atoms with E-state index in [0.717, 1.165) is 63.9 Å². The molecule has 1 fully saturated rings. The molecule has 6 aromatic carbocycles. The molecular weight excluding hydrogens is 1040 g/mol. The molecule has 0 aliphatic carbocycles. The summed E-state index contributed by atoms with van der Waals surface area (Å²) >= 11 is 0. The predicted octanol–water partition coefficient (Wildman–Crippen LogP) is 6.60. The first-order valence-corrected chi connectivity index (χ1v) is 28.4. The second kappa shape index (κ2) is 32.0. The quantitative estimate of drug-likeness (QED) is 0.0460. The molecule has 7 rings (SSSR count). The second-order valence-electron chi connectivity index (χ2n) is 21.9. The van der Waals surface area contributed by atoms with Crippen molar-refractivity contribution in [1.29, 1.82) is 0 Å². The Hall–Kier alpha value is -8.02. The van der Waals surface area contributed by atoms with E-state index in [-0.39, 0.29) is 67.7 Å². The first kappa shape index (κ1) is 64.2. The van der Waals surface area contributed by atoms with Gasteiger partial charge in [0.1, 0.15) is 37.4 Å². The molecule has 1 aliphatic heterocycles. The molecule has 1 heterocycles. The predicted molar refractivity (Wildman–Crippen MR) is 327 cm³/mol. The normalized spacial score (nSPS) is 14.3. The van der Waals surface area contributed by atoms with Gasteiger partial charge in [-0.05, 0) is 77.7 Å². The minimum absolute atomic E-state index is 0.113. The minimum Gasteiger partial charge on any atom is -0.370 e. The summed E-state index contributed by atoms with van der Waals surface area (Å²) in [5.41, 5.74) is 13.4. The van der Waals surface area contributed by atoms with Crippen molar-refractivity contribution in [3.05, 3.63) is 192 Å². The van der Waals surface area contributed by atoms with Crippen LogP contribution in [0.1, 0.15) is 48.9 Å². The first-order chi connectivity index (χ1) is 39.9. The van der Waals surface area contributed by atoms with Gasteiger partial charge in [0.05, 0.1) is 13.2 Å². The molecule has 6 aromatic rings. The highest BCUT2D eigenvalue weighted by atomic mass is 16.5. The van der Waals surface area contributed by atoms with Crippen molar-refractivity contribution in [2.75, 3.05) is 75.3 Å². The van der Waals surface area contributed by atoms with Crippen molar-refractivity contribution < 1.29 is 38.2 Å². The summed E-state index contributed by atoms with van der Waals surface area (Å²) in [6.45, 7) is 4.92. The lowest BCUT2D eigenvalue weighted by Gasteiger charge is -2.34. The highest BCUT2D eigenvalue weighted by molar-refractivity contribution is 5.93. The zero-order valence-corrected chi connectivity index (χ0v) is 49.5. The molecule has 440 valence electrons. The lowest BCUT2D eigenvalue weighted by Crippen LogP contribution is -2.56. The van der Waals surface area contributed by atoms with Crippen LogP contribution in [0.25, 0.3) is 22.3 Å². The van der Waals surface area contributed by atoms with E-state index in [0.29, 0.717) is 25.9 Å². The lowest BCUT2D eigenvalue weighted by molar-refractivity contribution is -0.149. The topological polar surface area (TPSA) is 196 Å². The van der Waals surface area contributed by atoms with E-state index in [4.69, 9.17) is 15.2 Å². The van der Waals surface area contributed by atoms with E-state index in [1.807, 2.05) is 172 Å². The molecule has 0 aromatic heterocycles. The number of nitrogens with two attached hydrogens (primary N) is 1. The van der Waals surface area contributed by atoms with Gasteiger partial charge in [-0.3, -0.25) is 28.8 Å². The zero-order chi connectivity index (χ0) is 59.9. The Labute approximate surface area is 490 Å². The maximum absolute atomic E-state index is 14.1. The van der Waals surface area contributed by atoms with Gasteiger partial charge in [-0.1, -0.05) is 170 Å². The molecule has 16 heteroatoms. The fourth-order valence-electron chi connectivity index (χ4n) is 9.89. The standard InChI is InChI=1S/C34H42N4O4.C33H42N4O4/c1-35-33(40)30(21-25-11-6-4-7-12-25)38(3)34(41)31(37(2)32(39)24-42-23-29-15-10-20-36-29)22-26-16-18-28(19-17-26)27-13-8-5-9-14-27;1-33(2,34)23-41-22-30(38)36(4)29(21-25-16-18-27(19-17-25)26-14-10-7-11-15-26)32(40)37(5)28(31(39)35-3)20-24-12-8-6-9-13-24/h4-9,11-14,16-19,29-31,36H,10,15,20-24H2,1-3H3,(H,35,40);6-19,28-29H,20-23,34H2,1-5H3,(H,35,39)/t29-,30+,31+;28-,29-/m01/s1. The summed E-state index contributed by atoms with van der Waals surface area (Å²) in [5, 5.41) is 8.74. The van der Waals surface area contributed by atoms with Gasteiger partial charge in [-0.15, -0.1) is 0 Å². The average Bonchev–Trinajstić information content (AvgIpc) is 4.08. The van der Waals surface area contributed by atoms with Crippen LogP contribution in [0.3, 0.4) is 0 Å². The van der Waals surface area contributed by atoms with E-state index in [9.17, 15) is 28.8 Å². The van der Waals surface area contributed by atoms with Crippen molar-refractivity contribution in [3.8, 4) is 22.3 Å². The van der Waals surface area contributed by atoms with Gasteiger partial charge in [0.25, 0.3) is 0 Å². The molecule has 0 unspecified atom stereocenters. The van der Waals surface area contributed by atoms with Crippen LogP contribution >= 0.6 is 0 Å². The van der Waals surface area contributed by atoms with Crippen molar-refractivity contribution in [2.45, 2.75) is 88.1 Å². The molecule has 1 saturated heterocycles. The number of carbonyl (C=O) groups is 6. The molecular formula is C67H84N8O8. The Bertz CT molecular complexity index is 2980. The van der Waals surface area contributed by atoms with Crippen LogP contribution in [0.4, 0.5) is 0 Å². The Balaban J connectivity index is 0.000000267. The van der Waals surface area contributed by atoms with Crippen LogP contribution in [0, 0.1) is 0 Å². The minimum atomic E-state index is -0.854. The lowest BCUT2D eigenvalue weighted by atomic mass is 9.98. The Kier molecular flexibility index (Phi) is 24.7. The van der Waals surface area contributed by atoms with Gasteiger partial charge in [0, 0.05) is 79.6 Å². The number of amides is 6. The number of likely N-dealkylation sites (N-methyl/N-ethyl adjacent to an activating group) is 6. The molecule has 5 atom stereocenters. The molecule has 6 amide bonds. The highest BCUT2D eigenvalue weighted by Crippen LogP contribution is 2.24. The van der Waals surface area contributed by atoms with Crippen LogP contribution in [0.15, 0.2) is 170 Å². The maximum atomic E-state index is 14.1. The maximum Gasteiger partial charge on any atom is 0.249 e. The summed E-state index contributed by atoms with van der Waals surface area (Å²) in [5.74, 6) is -1.81. The van der Waals surface area contributed by atoms with Crippen LogP contribution in [0.5, 0.6) is 0 Å². The van der Waals surface area contributed by atoms with Crippen LogP contribution < -0.4 is 21.7 Å². The number of carbonyl (C=O) groups excluding carboxylic acids is 6. The van der Waals surface area contributed by atoms with Crippen LogP contribution in [0.2, 0.25) is 0 Å². The van der Waals surface area contributed by atoms with Crippen molar-refractivity contribution >= 4 is 35.4 Å². The number of nitrogens with zero attached hydrogens (tertiary/aromatic N) is 4. The molecule has 0 radical (unpaired) electrons. The van der Waals surface area contributed by atoms with E-state index in [2.05, 4.69) is 28.1 Å². The van der Waals surface area contributed by atoms with Gasteiger partial charge in [-0.2, -0.15) is 0 Å². The second-order valence-corrected chi connectivity index (χ2v) is 21.9. The smallest absolute Gasteiger partial charge is 0.249 e. The summed E-state index contributed by atoms with van der Waals surface area (Å²) < 4.78 is 11.3. The van der Waals surface area contributed by atoms with Crippen molar-refractivity contribution in [2.24, 2.45) is 5.73 Å². The first-order valence-electron chi connectivity index (χ1n) is 28.4. The van der Waals surface area contributed by atoms with Gasteiger partial charge in [0.15, 0.2) is 0 Å². The van der Waals surface area contributed by atoms with E-state index in [1.165, 1.54) is 19.6 Å². The van der Waals surface area contributed by atoms with Crippen molar-refractivity contribution in [3.63, 3.8) is 0 Å². The number of benzene rings is 6. The molecule has 0 spiro atoms. The van der Waals surface area contributed by atoms with E-state index in [1.54, 1.807) is 42.3 Å². The molecule has 5 N–H and O–H groups in total. The van der Waals surface area contributed by atoms with E-state index < -0.39 is 29.7 Å². The molecule has 1 aliphatic rings. The van der Waals surface area contributed by atoms with Gasteiger partial charge < -0.3 is 50.8 Å². The average molecular weight is 1130 g/mol.